The number of anilines is 2. The molecule has 1 aliphatic rings. The van der Waals surface area contributed by atoms with Gasteiger partial charge in [-0.2, -0.15) is 0 Å². The number of furan rings is 1. The smallest absolute Gasteiger partial charge is 0.291 e. The largest absolute Gasteiger partial charge is 0.486 e. The van der Waals surface area contributed by atoms with E-state index in [1.807, 2.05) is 24.3 Å². The van der Waals surface area contributed by atoms with Crippen LogP contribution < -0.4 is 15.0 Å². The van der Waals surface area contributed by atoms with Crippen LogP contribution >= 0.6 is 0 Å². The van der Waals surface area contributed by atoms with Crippen LogP contribution in [0, 0.1) is 5.82 Å². The van der Waals surface area contributed by atoms with Crippen LogP contribution in [0.15, 0.2) is 65.1 Å². The quantitative estimate of drug-likeness (QED) is 0.680. The van der Waals surface area contributed by atoms with Crippen LogP contribution in [0.25, 0.3) is 0 Å². The molecule has 0 spiro atoms. The van der Waals surface area contributed by atoms with Gasteiger partial charge in [-0.1, -0.05) is 0 Å². The Kier molecular flexibility index (Phi) is 5.76. The van der Waals surface area contributed by atoms with Gasteiger partial charge in [-0.25, -0.2) is 4.39 Å². The first kappa shape index (κ1) is 19.0. The number of amides is 1. The standard InChI is InChI=1S/C22H21FN2O4/c23-16-1-7-19(8-2-16)28-15-20-9-10-21(29-20)22(26)24-17-3-5-18(6-4-17)25-11-13-27-14-12-25/h1-10H,11-15H2,(H,24,26). The Hall–Kier alpha value is -3.32. The molecule has 0 unspecified atom stereocenters. The number of rotatable bonds is 6. The van der Waals surface area contributed by atoms with E-state index in [9.17, 15) is 9.18 Å². The van der Waals surface area contributed by atoms with E-state index in [0.29, 0.717) is 17.2 Å². The third kappa shape index (κ3) is 4.94. The Labute approximate surface area is 167 Å². The first-order chi connectivity index (χ1) is 14.2. The first-order valence-electron chi connectivity index (χ1n) is 9.38. The molecule has 0 atom stereocenters. The van der Waals surface area contributed by atoms with Crippen LogP contribution in [-0.4, -0.2) is 32.2 Å². The van der Waals surface area contributed by atoms with Crippen LogP contribution in [0.4, 0.5) is 15.8 Å². The Bertz CT molecular complexity index is 948. The summed E-state index contributed by atoms with van der Waals surface area (Å²) < 4.78 is 29.3. The van der Waals surface area contributed by atoms with Crippen LogP contribution in [0.1, 0.15) is 16.3 Å². The highest BCUT2D eigenvalue weighted by atomic mass is 19.1. The average Bonchev–Trinajstić information content (AvgIpc) is 3.24. The summed E-state index contributed by atoms with van der Waals surface area (Å²) in [6.45, 7) is 3.32. The molecular weight excluding hydrogens is 375 g/mol. The van der Waals surface area contributed by atoms with E-state index in [4.69, 9.17) is 13.9 Å². The van der Waals surface area contributed by atoms with E-state index >= 15 is 0 Å². The van der Waals surface area contributed by atoms with E-state index in [0.717, 1.165) is 32.0 Å². The van der Waals surface area contributed by atoms with Crippen molar-refractivity contribution in [2.45, 2.75) is 6.61 Å². The molecule has 1 aromatic heterocycles. The molecule has 29 heavy (non-hydrogen) atoms. The van der Waals surface area contributed by atoms with Crippen molar-refractivity contribution in [2.75, 3.05) is 36.5 Å². The Balaban J connectivity index is 1.32. The molecule has 1 amide bonds. The lowest BCUT2D eigenvalue weighted by atomic mass is 10.2. The maximum absolute atomic E-state index is 12.9. The van der Waals surface area contributed by atoms with E-state index in [1.165, 1.54) is 24.3 Å². The minimum Gasteiger partial charge on any atom is -0.486 e. The zero-order valence-electron chi connectivity index (χ0n) is 15.8. The summed E-state index contributed by atoms with van der Waals surface area (Å²) in [5.41, 5.74) is 1.79. The van der Waals surface area contributed by atoms with Gasteiger partial charge in [-0.15, -0.1) is 0 Å². The van der Waals surface area contributed by atoms with Gasteiger partial charge in [0.1, 0.15) is 23.9 Å². The normalized spacial score (nSPS) is 13.9. The van der Waals surface area contributed by atoms with E-state index in [-0.39, 0.29) is 24.1 Å². The number of hydrogen-bond donors (Lipinski definition) is 1. The monoisotopic (exact) mass is 396 g/mol. The Morgan fingerprint density at radius 3 is 2.45 bits per heavy atom. The van der Waals surface area contributed by atoms with Crippen LogP contribution in [-0.2, 0) is 11.3 Å². The topological polar surface area (TPSA) is 63.9 Å². The minimum absolute atomic E-state index is 0.146. The van der Waals surface area contributed by atoms with Gasteiger partial charge in [0.05, 0.1) is 13.2 Å². The molecule has 1 saturated heterocycles. The molecule has 3 aromatic rings. The molecule has 1 N–H and O–H groups in total. The third-order valence-electron chi connectivity index (χ3n) is 4.58. The summed E-state index contributed by atoms with van der Waals surface area (Å²) in [4.78, 5) is 14.7. The molecule has 1 fully saturated rings. The van der Waals surface area contributed by atoms with Gasteiger partial charge in [0.15, 0.2) is 5.76 Å². The summed E-state index contributed by atoms with van der Waals surface area (Å²) in [5.74, 6) is 0.556. The lowest BCUT2D eigenvalue weighted by Gasteiger charge is -2.28. The highest BCUT2D eigenvalue weighted by Crippen LogP contribution is 2.20. The maximum atomic E-state index is 12.9. The van der Waals surface area contributed by atoms with Gasteiger partial charge in [-0.05, 0) is 60.7 Å². The number of ether oxygens (including phenoxy) is 2. The van der Waals surface area contributed by atoms with Crippen molar-refractivity contribution in [3.63, 3.8) is 0 Å². The van der Waals surface area contributed by atoms with Crippen molar-refractivity contribution in [3.05, 3.63) is 78.0 Å². The van der Waals surface area contributed by atoms with Crippen molar-refractivity contribution in [1.82, 2.24) is 0 Å². The molecule has 0 aliphatic carbocycles. The van der Waals surface area contributed by atoms with E-state index < -0.39 is 0 Å². The molecule has 7 heteroatoms. The predicted octanol–water partition coefficient (Wildman–Crippen LogP) is 4.09. The number of halogens is 1. The van der Waals surface area contributed by atoms with Crippen LogP contribution in [0.5, 0.6) is 5.75 Å². The molecule has 6 nitrogen and oxygen atoms in total. The molecule has 0 radical (unpaired) electrons. The number of nitrogens with zero attached hydrogens (tertiary/aromatic N) is 1. The van der Waals surface area contributed by atoms with Gasteiger partial charge in [0.25, 0.3) is 5.91 Å². The molecule has 150 valence electrons. The number of carbonyl (C=O) groups is 1. The number of morpholine rings is 1. The second-order valence-electron chi connectivity index (χ2n) is 6.61. The number of nitrogens with one attached hydrogen (secondary N) is 1. The Morgan fingerprint density at radius 1 is 1.00 bits per heavy atom. The SMILES string of the molecule is O=C(Nc1ccc(N2CCOCC2)cc1)c1ccc(COc2ccc(F)cc2)o1. The first-order valence-corrected chi connectivity index (χ1v) is 9.38. The fraction of sp³-hybridized carbons (Fsp3) is 0.227. The average molecular weight is 396 g/mol. The van der Waals surface area contributed by atoms with Crippen molar-refractivity contribution in [3.8, 4) is 5.75 Å². The van der Waals surface area contributed by atoms with Crippen molar-refractivity contribution < 1.29 is 23.1 Å². The fourth-order valence-corrected chi connectivity index (χ4v) is 3.03. The number of carbonyl (C=O) groups excluding carboxylic acids is 1. The maximum Gasteiger partial charge on any atom is 0.291 e. The lowest BCUT2D eigenvalue weighted by Crippen LogP contribution is -2.36. The van der Waals surface area contributed by atoms with E-state index in [2.05, 4.69) is 10.2 Å². The molecular formula is C22H21FN2O4. The van der Waals surface area contributed by atoms with Crippen molar-refractivity contribution >= 4 is 17.3 Å². The molecule has 4 rings (SSSR count). The number of hydrogen-bond acceptors (Lipinski definition) is 5. The van der Waals surface area contributed by atoms with Gasteiger partial charge in [0.2, 0.25) is 0 Å². The van der Waals surface area contributed by atoms with Gasteiger partial charge < -0.3 is 24.1 Å². The second-order valence-corrected chi connectivity index (χ2v) is 6.61. The highest BCUT2D eigenvalue weighted by molar-refractivity contribution is 6.02. The summed E-state index contributed by atoms with van der Waals surface area (Å²) in [7, 11) is 0. The Morgan fingerprint density at radius 2 is 1.72 bits per heavy atom. The zero-order chi connectivity index (χ0) is 20.1. The summed E-state index contributed by atoms with van der Waals surface area (Å²) in [6, 6.07) is 16.7. The van der Waals surface area contributed by atoms with Gasteiger partial charge in [0, 0.05) is 24.5 Å². The van der Waals surface area contributed by atoms with Crippen molar-refractivity contribution in [2.24, 2.45) is 0 Å². The molecule has 0 saturated carbocycles. The lowest BCUT2D eigenvalue weighted by molar-refractivity contribution is 0.0992. The molecule has 2 aromatic carbocycles. The van der Waals surface area contributed by atoms with Crippen molar-refractivity contribution in [1.29, 1.82) is 0 Å². The fourth-order valence-electron chi connectivity index (χ4n) is 3.03. The molecule has 0 bridgehead atoms. The van der Waals surface area contributed by atoms with Crippen LogP contribution in [0.2, 0.25) is 0 Å². The number of benzene rings is 2. The third-order valence-corrected chi connectivity index (χ3v) is 4.58. The van der Waals surface area contributed by atoms with E-state index in [1.54, 1.807) is 12.1 Å². The predicted molar refractivity (Wildman–Crippen MR) is 107 cm³/mol. The summed E-state index contributed by atoms with van der Waals surface area (Å²) in [6.07, 6.45) is 0. The summed E-state index contributed by atoms with van der Waals surface area (Å²) in [5, 5.41) is 2.82. The summed E-state index contributed by atoms with van der Waals surface area (Å²) >= 11 is 0. The zero-order valence-corrected chi connectivity index (χ0v) is 15.8. The van der Waals surface area contributed by atoms with Gasteiger partial charge >= 0.3 is 0 Å². The second kappa shape index (κ2) is 8.79. The van der Waals surface area contributed by atoms with Crippen LogP contribution in [0.3, 0.4) is 0 Å². The molecule has 1 aliphatic heterocycles. The van der Waals surface area contributed by atoms with Gasteiger partial charge in [-0.3, -0.25) is 4.79 Å². The minimum atomic E-state index is -0.336. The highest BCUT2D eigenvalue weighted by Gasteiger charge is 2.14. The molecule has 2 heterocycles.